The van der Waals surface area contributed by atoms with Gasteiger partial charge in [0.15, 0.2) is 5.79 Å². The molecule has 54 valence electrons. The van der Waals surface area contributed by atoms with E-state index in [4.69, 9.17) is 5.73 Å². The third-order valence-corrected chi connectivity index (χ3v) is 1.17. The Morgan fingerprint density at radius 2 is 2.30 bits per heavy atom. The zero-order valence-corrected chi connectivity index (χ0v) is 5.71. The molecule has 3 heteroatoms. The van der Waals surface area contributed by atoms with E-state index in [0.717, 1.165) is 0 Å². The Hall–Kier alpha value is -0.960. The van der Waals surface area contributed by atoms with Crippen molar-refractivity contribution >= 4 is 0 Å². The highest BCUT2D eigenvalue weighted by molar-refractivity contribution is 5.09. The smallest absolute Gasteiger partial charge is 0.198 e. The van der Waals surface area contributed by atoms with E-state index < -0.39 is 5.79 Å². The Kier molecular flexibility index (Phi) is 1.68. The maximum atomic E-state index is 12.8. The van der Waals surface area contributed by atoms with Crippen LogP contribution >= 0.6 is 0 Å². The summed E-state index contributed by atoms with van der Waals surface area (Å²) in [5.41, 5.74) is 5.39. The molecule has 0 saturated carbocycles. The Labute approximate surface area is 58.9 Å². The third kappa shape index (κ3) is 1.51. The zero-order valence-electron chi connectivity index (χ0n) is 5.71. The van der Waals surface area contributed by atoms with Gasteiger partial charge in [-0.15, -0.1) is 0 Å². The van der Waals surface area contributed by atoms with Crippen molar-refractivity contribution in [2.45, 2.75) is 12.7 Å². The van der Waals surface area contributed by atoms with Crippen molar-refractivity contribution < 1.29 is 4.39 Å². The lowest BCUT2D eigenvalue weighted by molar-refractivity contribution is 0.196. The van der Waals surface area contributed by atoms with Crippen molar-refractivity contribution in [1.29, 1.82) is 0 Å². The highest BCUT2D eigenvalue weighted by Gasteiger charge is 2.19. The summed E-state index contributed by atoms with van der Waals surface area (Å²) in [5.74, 6) is -1.82. The first-order chi connectivity index (χ1) is 4.61. The fraction of sp³-hybridized carbons (Fsp3) is 0.286. The summed E-state index contributed by atoms with van der Waals surface area (Å²) in [4.78, 5) is 3.75. The molecule has 0 spiro atoms. The number of hydrogen-bond donors (Lipinski definition) is 1. The van der Waals surface area contributed by atoms with Gasteiger partial charge in [0, 0.05) is 6.20 Å². The standard InChI is InChI=1S/C7H9FN2/c1-7(8,9)6-4-2-3-5-10-6/h2-5H,9H2,1H3. The van der Waals surface area contributed by atoms with Crippen LogP contribution in [-0.4, -0.2) is 4.98 Å². The molecule has 1 aromatic heterocycles. The molecule has 1 heterocycles. The lowest BCUT2D eigenvalue weighted by Gasteiger charge is -2.11. The summed E-state index contributed by atoms with van der Waals surface area (Å²) in [5, 5.41) is 0. The number of pyridine rings is 1. The average Bonchev–Trinajstić information content (AvgIpc) is 1.88. The van der Waals surface area contributed by atoms with Gasteiger partial charge in [0.1, 0.15) is 0 Å². The molecule has 0 aliphatic rings. The highest BCUT2D eigenvalue weighted by atomic mass is 19.1. The molecule has 1 atom stereocenters. The van der Waals surface area contributed by atoms with Gasteiger partial charge in [-0.2, -0.15) is 0 Å². The van der Waals surface area contributed by atoms with Crippen molar-refractivity contribution in [2.75, 3.05) is 0 Å². The molecular formula is C7H9FN2. The number of aromatic nitrogens is 1. The van der Waals surface area contributed by atoms with Crippen LogP contribution in [0.3, 0.4) is 0 Å². The van der Waals surface area contributed by atoms with Crippen LogP contribution in [0, 0.1) is 0 Å². The maximum absolute atomic E-state index is 12.8. The van der Waals surface area contributed by atoms with Crippen LogP contribution in [0.25, 0.3) is 0 Å². The molecule has 0 aliphatic carbocycles. The first kappa shape index (κ1) is 7.15. The normalized spacial score (nSPS) is 16.3. The van der Waals surface area contributed by atoms with Crippen molar-refractivity contribution in [3.63, 3.8) is 0 Å². The van der Waals surface area contributed by atoms with Gasteiger partial charge in [0.2, 0.25) is 0 Å². The fourth-order valence-electron chi connectivity index (χ4n) is 0.652. The first-order valence-corrected chi connectivity index (χ1v) is 3.00. The summed E-state index contributed by atoms with van der Waals surface area (Å²) in [6, 6.07) is 4.97. The average molecular weight is 140 g/mol. The van der Waals surface area contributed by atoms with E-state index in [1.807, 2.05) is 0 Å². The van der Waals surface area contributed by atoms with E-state index in [-0.39, 0.29) is 5.69 Å². The molecule has 2 nitrogen and oxygen atoms in total. The Morgan fingerprint density at radius 3 is 2.60 bits per heavy atom. The lowest BCUT2D eigenvalue weighted by Crippen LogP contribution is -2.27. The molecule has 0 bridgehead atoms. The topological polar surface area (TPSA) is 38.9 Å². The molecule has 0 aromatic carbocycles. The van der Waals surface area contributed by atoms with Gasteiger partial charge in [-0.05, 0) is 19.1 Å². The van der Waals surface area contributed by atoms with Gasteiger partial charge in [-0.1, -0.05) is 6.07 Å². The molecule has 1 unspecified atom stereocenters. The quantitative estimate of drug-likeness (QED) is 0.595. The van der Waals surface area contributed by atoms with E-state index in [1.54, 1.807) is 18.2 Å². The second-order valence-electron chi connectivity index (χ2n) is 2.29. The highest BCUT2D eigenvalue weighted by Crippen LogP contribution is 2.14. The van der Waals surface area contributed by atoms with Gasteiger partial charge < -0.3 is 0 Å². The molecular weight excluding hydrogens is 131 g/mol. The minimum absolute atomic E-state index is 0.259. The molecule has 10 heavy (non-hydrogen) atoms. The third-order valence-electron chi connectivity index (χ3n) is 1.17. The fourth-order valence-corrected chi connectivity index (χ4v) is 0.652. The van der Waals surface area contributed by atoms with Crippen molar-refractivity contribution in [3.05, 3.63) is 30.1 Å². The van der Waals surface area contributed by atoms with Crippen LogP contribution in [0.15, 0.2) is 24.4 Å². The van der Waals surface area contributed by atoms with Crippen LogP contribution in [0.4, 0.5) is 4.39 Å². The minimum atomic E-state index is -1.82. The maximum Gasteiger partial charge on any atom is 0.198 e. The second-order valence-corrected chi connectivity index (χ2v) is 2.29. The Bertz CT molecular complexity index is 203. The van der Waals surface area contributed by atoms with Crippen molar-refractivity contribution in [1.82, 2.24) is 4.98 Å². The van der Waals surface area contributed by atoms with Crippen LogP contribution < -0.4 is 5.73 Å². The summed E-state index contributed by atoms with van der Waals surface area (Å²) >= 11 is 0. The predicted octanol–water partition coefficient (Wildman–Crippen LogP) is 1.18. The van der Waals surface area contributed by atoms with E-state index in [2.05, 4.69) is 4.98 Å². The van der Waals surface area contributed by atoms with Crippen LogP contribution in [0.1, 0.15) is 12.6 Å². The van der Waals surface area contributed by atoms with E-state index >= 15 is 0 Å². The minimum Gasteiger partial charge on any atom is -0.294 e. The Morgan fingerprint density at radius 1 is 1.60 bits per heavy atom. The molecule has 0 aliphatic heterocycles. The molecule has 1 rings (SSSR count). The summed E-state index contributed by atoms with van der Waals surface area (Å²) in [7, 11) is 0. The summed E-state index contributed by atoms with van der Waals surface area (Å²) < 4.78 is 12.8. The van der Waals surface area contributed by atoms with Gasteiger partial charge in [-0.25, -0.2) is 4.39 Å². The number of rotatable bonds is 1. The number of halogens is 1. The number of nitrogens with two attached hydrogens (primary N) is 1. The molecule has 0 saturated heterocycles. The number of nitrogens with zero attached hydrogens (tertiary/aromatic N) is 1. The van der Waals surface area contributed by atoms with Crippen LogP contribution in [0.2, 0.25) is 0 Å². The van der Waals surface area contributed by atoms with Gasteiger partial charge in [-0.3, -0.25) is 10.7 Å². The molecule has 1 aromatic rings. The molecule has 0 radical (unpaired) electrons. The number of alkyl halides is 1. The SMILES string of the molecule is CC(N)(F)c1ccccn1. The molecule has 2 N–H and O–H groups in total. The summed E-state index contributed by atoms with van der Waals surface area (Å²) in [6.45, 7) is 1.27. The van der Waals surface area contributed by atoms with Crippen LogP contribution in [0.5, 0.6) is 0 Å². The van der Waals surface area contributed by atoms with Crippen molar-refractivity contribution in [2.24, 2.45) is 5.73 Å². The van der Waals surface area contributed by atoms with Crippen molar-refractivity contribution in [3.8, 4) is 0 Å². The van der Waals surface area contributed by atoms with E-state index in [1.165, 1.54) is 13.1 Å². The second kappa shape index (κ2) is 2.34. The monoisotopic (exact) mass is 140 g/mol. The van der Waals surface area contributed by atoms with Gasteiger partial charge in [0.25, 0.3) is 0 Å². The largest absolute Gasteiger partial charge is 0.294 e. The molecule has 0 amide bonds. The lowest BCUT2D eigenvalue weighted by atomic mass is 10.2. The predicted molar refractivity (Wildman–Crippen MR) is 36.9 cm³/mol. The summed E-state index contributed by atoms with van der Waals surface area (Å²) in [6.07, 6.45) is 1.51. The number of hydrogen-bond acceptors (Lipinski definition) is 2. The Balaban J connectivity index is 2.97. The van der Waals surface area contributed by atoms with Gasteiger partial charge in [0.05, 0.1) is 5.69 Å². The first-order valence-electron chi connectivity index (χ1n) is 3.00. The van der Waals surface area contributed by atoms with E-state index in [0.29, 0.717) is 0 Å². The zero-order chi connectivity index (χ0) is 7.61. The van der Waals surface area contributed by atoms with Gasteiger partial charge >= 0.3 is 0 Å². The van der Waals surface area contributed by atoms with E-state index in [9.17, 15) is 4.39 Å². The molecule has 0 fully saturated rings. The van der Waals surface area contributed by atoms with Crippen LogP contribution in [-0.2, 0) is 5.79 Å².